The number of allylic oxidation sites excluding steroid dienone is 2. The van der Waals surface area contributed by atoms with Gasteiger partial charge in [0.25, 0.3) is 0 Å². The Labute approximate surface area is 170 Å². The fourth-order valence-electron chi connectivity index (χ4n) is 4.27. The van der Waals surface area contributed by atoms with Gasteiger partial charge in [-0.2, -0.15) is 0 Å². The number of hydrogen-bond donors (Lipinski definition) is 1. The van der Waals surface area contributed by atoms with Crippen molar-refractivity contribution in [3.05, 3.63) is 52.7 Å². The average molecular weight is 395 g/mol. The SMILES string of the molecule is COc1ccc([C@H]2C3=C(CCCC3=O)Nc3cc(OC)c(OC)cc32)c(OC)c1. The van der Waals surface area contributed by atoms with Gasteiger partial charge in [0.1, 0.15) is 11.5 Å². The number of rotatable bonds is 5. The number of anilines is 1. The van der Waals surface area contributed by atoms with E-state index in [1.54, 1.807) is 28.4 Å². The molecule has 1 aliphatic heterocycles. The largest absolute Gasteiger partial charge is 0.497 e. The van der Waals surface area contributed by atoms with Crippen LogP contribution in [0.4, 0.5) is 5.69 Å². The maximum atomic E-state index is 13.0. The summed E-state index contributed by atoms with van der Waals surface area (Å²) in [5.74, 6) is 2.57. The zero-order valence-corrected chi connectivity index (χ0v) is 17.1. The number of ether oxygens (including phenoxy) is 4. The van der Waals surface area contributed by atoms with E-state index in [1.807, 2.05) is 30.3 Å². The second kappa shape index (κ2) is 7.70. The third kappa shape index (κ3) is 3.18. The van der Waals surface area contributed by atoms with Crippen LogP contribution in [0.25, 0.3) is 0 Å². The van der Waals surface area contributed by atoms with Crippen molar-refractivity contribution in [3.8, 4) is 23.0 Å². The minimum atomic E-state index is -0.255. The van der Waals surface area contributed by atoms with Crippen LogP contribution in [0.5, 0.6) is 23.0 Å². The molecular weight excluding hydrogens is 370 g/mol. The Kier molecular flexibility index (Phi) is 5.09. The lowest BCUT2D eigenvalue weighted by Gasteiger charge is -2.35. The van der Waals surface area contributed by atoms with E-state index in [-0.39, 0.29) is 11.7 Å². The highest BCUT2D eigenvalue weighted by Crippen LogP contribution is 2.50. The van der Waals surface area contributed by atoms with Gasteiger partial charge in [-0.1, -0.05) is 6.07 Å². The molecule has 1 atom stereocenters. The summed E-state index contributed by atoms with van der Waals surface area (Å²) in [6.07, 6.45) is 2.24. The molecule has 0 saturated carbocycles. The summed E-state index contributed by atoms with van der Waals surface area (Å²) in [6, 6.07) is 9.60. The standard InChI is InChI=1S/C23H25NO5/c1-26-13-8-9-14(19(10-13)27-2)22-15-11-20(28-3)21(29-4)12-17(15)24-16-6-5-7-18(25)23(16)22/h8-12,22,24H,5-7H2,1-4H3/t22-/m1/s1. The fraction of sp³-hybridized carbons (Fsp3) is 0.348. The zero-order chi connectivity index (χ0) is 20.5. The molecule has 1 N–H and O–H groups in total. The second-order valence-electron chi connectivity index (χ2n) is 7.13. The van der Waals surface area contributed by atoms with Gasteiger partial charge in [0, 0.05) is 47.0 Å². The van der Waals surface area contributed by atoms with E-state index in [0.29, 0.717) is 29.4 Å². The molecule has 1 aliphatic carbocycles. The van der Waals surface area contributed by atoms with Gasteiger partial charge in [-0.15, -0.1) is 0 Å². The van der Waals surface area contributed by atoms with E-state index >= 15 is 0 Å². The summed E-state index contributed by atoms with van der Waals surface area (Å²) >= 11 is 0. The van der Waals surface area contributed by atoms with Gasteiger partial charge in [0.15, 0.2) is 17.3 Å². The van der Waals surface area contributed by atoms with E-state index in [2.05, 4.69) is 5.32 Å². The first-order chi connectivity index (χ1) is 14.1. The van der Waals surface area contributed by atoms with Crippen molar-refractivity contribution in [3.63, 3.8) is 0 Å². The summed E-state index contributed by atoms with van der Waals surface area (Å²) in [6.45, 7) is 0. The lowest BCUT2D eigenvalue weighted by Crippen LogP contribution is -2.27. The molecule has 0 unspecified atom stereocenters. The Morgan fingerprint density at radius 2 is 1.55 bits per heavy atom. The molecule has 0 spiro atoms. The van der Waals surface area contributed by atoms with Crippen LogP contribution >= 0.6 is 0 Å². The minimum absolute atomic E-state index is 0.169. The molecule has 0 bridgehead atoms. The normalized spacial score (nSPS) is 17.8. The summed E-state index contributed by atoms with van der Waals surface area (Å²) < 4.78 is 22.1. The molecule has 2 aliphatic rings. The Hall–Kier alpha value is -3.15. The van der Waals surface area contributed by atoms with Crippen molar-refractivity contribution in [1.82, 2.24) is 0 Å². The van der Waals surface area contributed by atoms with Gasteiger partial charge < -0.3 is 24.3 Å². The van der Waals surface area contributed by atoms with Crippen molar-refractivity contribution in [1.29, 1.82) is 0 Å². The van der Waals surface area contributed by atoms with Crippen molar-refractivity contribution in [2.45, 2.75) is 25.2 Å². The third-order valence-corrected chi connectivity index (χ3v) is 5.65. The number of ketones is 1. The first-order valence-electron chi connectivity index (χ1n) is 9.62. The van der Waals surface area contributed by atoms with Gasteiger partial charge in [0.2, 0.25) is 0 Å². The molecule has 152 valence electrons. The first-order valence-corrected chi connectivity index (χ1v) is 9.62. The van der Waals surface area contributed by atoms with Gasteiger partial charge in [-0.05, 0) is 30.5 Å². The number of methoxy groups -OCH3 is 4. The highest BCUT2D eigenvalue weighted by Gasteiger charge is 2.37. The number of Topliss-reactive ketones (excluding diaryl/α,β-unsaturated/α-hetero) is 1. The van der Waals surface area contributed by atoms with Gasteiger partial charge in [-0.3, -0.25) is 4.79 Å². The van der Waals surface area contributed by atoms with E-state index < -0.39 is 0 Å². The number of benzene rings is 2. The van der Waals surface area contributed by atoms with Gasteiger partial charge in [-0.25, -0.2) is 0 Å². The van der Waals surface area contributed by atoms with Gasteiger partial charge in [0.05, 0.1) is 28.4 Å². The van der Waals surface area contributed by atoms with Crippen molar-refractivity contribution in [2.24, 2.45) is 0 Å². The Balaban J connectivity index is 1.97. The molecule has 2 aromatic rings. The van der Waals surface area contributed by atoms with Crippen LogP contribution in [0, 0.1) is 0 Å². The summed E-state index contributed by atoms with van der Waals surface area (Å²) in [5.41, 5.74) is 4.58. The molecule has 0 amide bonds. The summed E-state index contributed by atoms with van der Waals surface area (Å²) in [4.78, 5) is 13.0. The maximum absolute atomic E-state index is 13.0. The summed E-state index contributed by atoms with van der Waals surface area (Å²) in [7, 11) is 6.48. The van der Waals surface area contributed by atoms with Crippen LogP contribution in [0.1, 0.15) is 36.3 Å². The molecule has 6 heteroatoms. The Bertz CT molecular complexity index is 995. The molecule has 0 saturated heterocycles. The number of carbonyl (C=O) groups is 1. The smallest absolute Gasteiger partial charge is 0.162 e. The number of fused-ring (bicyclic) bond motifs is 1. The highest BCUT2D eigenvalue weighted by atomic mass is 16.5. The lowest BCUT2D eigenvalue weighted by atomic mass is 9.75. The Morgan fingerprint density at radius 3 is 2.24 bits per heavy atom. The second-order valence-corrected chi connectivity index (χ2v) is 7.13. The van der Waals surface area contributed by atoms with Crippen LogP contribution < -0.4 is 24.3 Å². The van der Waals surface area contributed by atoms with Crippen LogP contribution in [0.15, 0.2) is 41.6 Å². The maximum Gasteiger partial charge on any atom is 0.162 e. The van der Waals surface area contributed by atoms with Gasteiger partial charge >= 0.3 is 0 Å². The van der Waals surface area contributed by atoms with Crippen LogP contribution in [0.2, 0.25) is 0 Å². The molecule has 2 aromatic carbocycles. The number of carbonyl (C=O) groups excluding carboxylic acids is 1. The van der Waals surface area contributed by atoms with Crippen molar-refractivity contribution in [2.75, 3.05) is 33.8 Å². The van der Waals surface area contributed by atoms with E-state index in [4.69, 9.17) is 18.9 Å². The van der Waals surface area contributed by atoms with Crippen molar-refractivity contribution >= 4 is 11.5 Å². The number of hydrogen-bond acceptors (Lipinski definition) is 6. The van der Waals surface area contributed by atoms with E-state index in [0.717, 1.165) is 40.9 Å². The molecule has 29 heavy (non-hydrogen) atoms. The Morgan fingerprint density at radius 1 is 0.828 bits per heavy atom. The molecule has 0 aromatic heterocycles. The molecule has 1 heterocycles. The topological polar surface area (TPSA) is 66.0 Å². The fourth-order valence-corrected chi connectivity index (χ4v) is 4.27. The predicted octanol–water partition coefficient (Wildman–Crippen LogP) is 4.29. The van der Waals surface area contributed by atoms with E-state index in [1.165, 1.54) is 0 Å². The average Bonchev–Trinajstić information content (AvgIpc) is 2.76. The molecule has 4 rings (SSSR count). The monoisotopic (exact) mass is 395 g/mol. The number of nitrogens with one attached hydrogen (secondary N) is 1. The molecule has 0 fully saturated rings. The lowest BCUT2D eigenvalue weighted by molar-refractivity contribution is -0.116. The van der Waals surface area contributed by atoms with Crippen LogP contribution in [0.3, 0.4) is 0 Å². The van der Waals surface area contributed by atoms with Crippen molar-refractivity contribution < 1.29 is 23.7 Å². The predicted molar refractivity (Wildman–Crippen MR) is 110 cm³/mol. The van der Waals surface area contributed by atoms with E-state index in [9.17, 15) is 4.79 Å². The summed E-state index contributed by atoms with van der Waals surface area (Å²) in [5, 5.41) is 3.47. The molecule has 6 nitrogen and oxygen atoms in total. The van der Waals surface area contributed by atoms with Crippen LogP contribution in [-0.4, -0.2) is 34.2 Å². The first kappa shape index (κ1) is 19.2. The van der Waals surface area contributed by atoms with Crippen LogP contribution in [-0.2, 0) is 4.79 Å². The molecular formula is C23H25NO5. The third-order valence-electron chi connectivity index (χ3n) is 5.65. The quantitative estimate of drug-likeness (QED) is 0.815. The highest BCUT2D eigenvalue weighted by molar-refractivity contribution is 6.01. The minimum Gasteiger partial charge on any atom is -0.497 e. The zero-order valence-electron chi connectivity index (χ0n) is 17.1. The molecule has 0 radical (unpaired) electrons.